The summed E-state index contributed by atoms with van der Waals surface area (Å²) < 4.78 is 5.33. The minimum absolute atomic E-state index is 0.0667. The van der Waals surface area contributed by atoms with E-state index in [0.717, 1.165) is 0 Å². The highest BCUT2D eigenvalue weighted by molar-refractivity contribution is 5.02. The summed E-state index contributed by atoms with van der Waals surface area (Å²) in [5, 5.41) is 4.08. The molecule has 0 radical (unpaired) electrons. The number of aromatic nitrogens is 2. The minimum atomic E-state index is -0.103. The fourth-order valence-corrected chi connectivity index (χ4v) is 2.56. The van der Waals surface area contributed by atoms with Crippen LogP contribution in [0.4, 0.5) is 0 Å². The van der Waals surface area contributed by atoms with E-state index in [4.69, 9.17) is 10.3 Å². The Kier molecular flexibility index (Phi) is 4.05. The van der Waals surface area contributed by atoms with Gasteiger partial charge in [-0.15, -0.1) is 0 Å². The maximum absolute atomic E-state index is 6.31. The highest BCUT2D eigenvalue weighted by Gasteiger charge is 2.28. The summed E-state index contributed by atoms with van der Waals surface area (Å²) in [7, 11) is 0. The molecule has 1 heterocycles. The van der Waals surface area contributed by atoms with Crippen molar-refractivity contribution >= 4 is 0 Å². The van der Waals surface area contributed by atoms with Crippen LogP contribution in [-0.4, -0.2) is 10.1 Å². The van der Waals surface area contributed by atoms with Gasteiger partial charge in [0.15, 0.2) is 5.82 Å². The van der Waals surface area contributed by atoms with Crippen molar-refractivity contribution in [3.63, 3.8) is 0 Å². The minimum Gasteiger partial charge on any atom is -0.339 e. The third-order valence-electron chi connectivity index (χ3n) is 3.79. The van der Waals surface area contributed by atoms with Gasteiger partial charge in [0.2, 0.25) is 5.89 Å². The summed E-state index contributed by atoms with van der Waals surface area (Å²) in [6, 6.07) is -0.0667. The zero-order valence-electron chi connectivity index (χ0n) is 11.8. The van der Waals surface area contributed by atoms with Crippen molar-refractivity contribution < 1.29 is 4.52 Å². The number of rotatable bonds is 2. The van der Waals surface area contributed by atoms with Crippen LogP contribution in [0.3, 0.4) is 0 Å². The van der Waals surface area contributed by atoms with Crippen molar-refractivity contribution in [1.29, 1.82) is 0 Å². The molecule has 0 amide bonds. The maximum Gasteiger partial charge on any atom is 0.232 e. The molecule has 1 saturated carbocycles. The van der Waals surface area contributed by atoms with Crippen LogP contribution in [0, 0.1) is 5.92 Å². The first-order chi connectivity index (χ1) is 8.48. The Labute approximate surface area is 109 Å². The van der Waals surface area contributed by atoms with E-state index in [9.17, 15) is 0 Å². The molecular weight excluding hydrogens is 226 g/mol. The van der Waals surface area contributed by atoms with E-state index in [1.807, 2.05) is 0 Å². The Morgan fingerprint density at radius 3 is 2.28 bits per heavy atom. The lowest BCUT2D eigenvalue weighted by Crippen LogP contribution is -2.22. The monoisotopic (exact) mass is 251 g/mol. The first-order valence-corrected chi connectivity index (χ1v) is 7.08. The summed E-state index contributed by atoms with van der Waals surface area (Å²) >= 11 is 0. The topological polar surface area (TPSA) is 64.9 Å². The normalized spacial score (nSPS) is 20.7. The quantitative estimate of drug-likeness (QED) is 0.819. The second-order valence-electron chi connectivity index (χ2n) is 6.49. The largest absolute Gasteiger partial charge is 0.339 e. The lowest BCUT2D eigenvalue weighted by atomic mass is 9.92. The molecule has 0 aromatic carbocycles. The van der Waals surface area contributed by atoms with Crippen molar-refractivity contribution in [2.24, 2.45) is 11.7 Å². The summed E-state index contributed by atoms with van der Waals surface area (Å²) in [5.41, 5.74) is 6.21. The molecule has 0 saturated heterocycles. The standard InChI is InChI=1S/C14H25N3O/c1-14(2,3)13-16-12(17-18-13)11(15)10-8-6-4-5-7-9-10/h10-11H,4-9,15H2,1-3H3. The Hall–Kier alpha value is -0.900. The smallest absolute Gasteiger partial charge is 0.232 e. The van der Waals surface area contributed by atoms with Crippen LogP contribution in [0.5, 0.6) is 0 Å². The number of hydrogen-bond acceptors (Lipinski definition) is 4. The third-order valence-corrected chi connectivity index (χ3v) is 3.79. The molecule has 0 bridgehead atoms. The van der Waals surface area contributed by atoms with E-state index in [1.165, 1.54) is 38.5 Å². The van der Waals surface area contributed by atoms with Gasteiger partial charge in [-0.3, -0.25) is 0 Å². The summed E-state index contributed by atoms with van der Waals surface area (Å²) in [6.07, 6.45) is 7.62. The maximum atomic E-state index is 6.31. The van der Waals surface area contributed by atoms with Crippen molar-refractivity contribution in [3.05, 3.63) is 11.7 Å². The van der Waals surface area contributed by atoms with Crippen LogP contribution in [0.25, 0.3) is 0 Å². The van der Waals surface area contributed by atoms with Crippen molar-refractivity contribution in [3.8, 4) is 0 Å². The van der Waals surface area contributed by atoms with Crippen LogP contribution in [-0.2, 0) is 5.41 Å². The second-order valence-corrected chi connectivity index (χ2v) is 6.49. The van der Waals surface area contributed by atoms with E-state index in [1.54, 1.807) is 0 Å². The molecule has 4 heteroatoms. The van der Waals surface area contributed by atoms with E-state index in [0.29, 0.717) is 17.6 Å². The van der Waals surface area contributed by atoms with Gasteiger partial charge in [-0.25, -0.2) is 0 Å². The van der Waals surface area contributed by atoms with Gasteiger partial charge in [0.05, 0.1) is 6.04 Å². The van der Waals surface area contributed by atoms with Crippen molar-refractivity contribution in [2.75, 3.05) is 0 Å². The average molecular weight is 251 g/mol. The predicted molar refractivity (Wildman–Crippen MR) is 71.1 cm³/mol. The Morgan fingerprint density at radius 2 is 1.78 bits per heavy atom. The van der Waals surface area contributed by atoms with Gasteiger partial charge in [-0.05, 0) is 18.8 Å². The Morgan fingerprint density at radius 1 is 1.17 bits per heavy atom. The van der Waals surface area contributed by atoms with Crippen molar-refractivity contribution in [1.82, 2.24) is 10.1 Å². The van der Waals surface area contributed by atoms with Gasteiger partial charge in [0, 0.05) is 5.41 Å². The molecule has 2 N–H and O–H groups in total. The third kappa shape index (κ3) is 3.10. The fraction of sp³-hybridized carbons (Fsp3) is 0.857. The van der Waals surface area contributed by atoms with Gasteiger partial charge in [0.1, 0.15) is 0 Å². The average Bonchev–Trinajstić information content (AvgIpc) is 2.65. The lowest BCUT2D eigenvalue weighted by molar-refractivity contribution is 0.309. The molecule has 1 unspecified atom stereocenters. The molecule has 1 fully saturated rings. The van der Waals surface area contributed by atoms with Crippen LogP contribution in [0.1, 0.15) is 77.1 Å². The fourth-order valence-electron chi connectivity index (χ4n) is 2.56. The highest BCUT2D eigenvalue weighted by Crippen LogP contribution is 2.31. The number of nitrogens with two attached hydrogens (primary N) is 1. The molecule has 0 aliphatic heterocycles. The summed E-state index contributed by atoms with van der Waals surface area (Å²) in [5.74, 6) is 1.88. The molecule has 1 aliphatic rings. The van der Waals surface area contributed by atoms with Crippen LogP contribution < -0.4 is 5.73 Å². The van der Waals surface area contributed by atoms with Crippen LogP contribution in [0.2, 0.25) is 0 Å². The molecule has 1 aliphatic carbocycles. The first kappa shape index (κ1) is 13.5. The SMILES string of the molecule is CC(C)(C)c1nc(C(N)C2CCCCCC2)no1. The van der Waals surface area contributed by atoms with E-state index in [2.05, 4.69) is 30.9 Å². The van der Waals surface area contributed by atoms with Gasteiger partial charge < -0.3 is 10.3 Å². The molecule has 4 nitrogen and oxygen atoms in total. The predicted octanol–water partition coefficient (Wildman–Crippen LogP) is 3.34. The van der Waals surface area contributed by atoms with Crippen LogP contribution in [0.15, 0.2) is 4.52 Å². The zero-order chi connectivity index (χ0) is 13.2. The van der Waals surface area contributed by atoms with Gasteiger partial charge in [-0.1, -0.05) is 51.6 Å². The van der Waals surface area contributed by atoms with Gasteiger partial charge >= 0.3 is 0 Å². The molecule has 1 aromatic rings. The molecule has 1 aromatic heterocycles. The van der Waals surface area contributed by atoms with E-state index < -0.39 is 0 Å². The molecule has 2 rings (SSSR count). The summed E-state index contributed by atoms with van der Waals surface area (Å²) in [6.45, 7) is 6.21. The number of nitrogens with zero attached hydrogens (tertiary/aromatic N) is 2. The van der Waals surface area contributed by atoms with E-state index in [-0.39, 0.29) is 11.5 Å². The molecule has 18 heavy (non-hydrogen) atoms. The number of hydrogen-bond donors (Lipinski definition) is 1. The first-order valence-electron chi connectivity index (χ1n) is 7.08. The second kappa shape index (κ2) is 5.39. The zero-order valence-corrected chi connectivity index (χ0v) is 11.8. The lowest BCUT2D eigenvalue weighted by Gasteiger charge is -2.19. The van der Waals surface area contributed by atoms with E-state index >= 15 is 0 Å². The van der Waals surface area contributed by atoms with Gasteiger partial charge in [-0.2, -0.15) is 4.98 Å². The molecule has 0 spiro atoms. The molecule has 1 atom stereocenters. The Balaban J connectivity index is 2.08. The van der Waals surface area contributed by atoms with Crippen LogP contribution >= 0.6 is 0 Å². The summed E-state index contributed by atoms with van der Waals surface area (Å²) in [4.78, 5) is 4.48. The molecule has 102 valence electrons. The molecular formula is C14H25N3O. The van der Waals surface area contributed by atoms with Crippen molar-refractivity contribution in [2.45, 2.75) is 70.8 Å². The van der Waals surface area contributed by atoms with Gasteiger partial charge in [0.25, 0.3) is 0 Å². The Bertz CT molecular complexity index is 373. The highest BCUT2D eigenvalue weighted by atomic mass is 16.5.